The zero-order valence-electron chi connectivity index (χ0n) is 8.81. The Morgan fingerprint density at radius 2 is 1.23 bits per heavy atom. The first-order valence-corrected chi connectivity index (χ1v) is 5.57. The summed E-state index contributed by atoms with van der Waals surface area (Å²) < 4.78 is 0. The molecule has 4 aliphatic rings. The second-order valence-electron chi connectivity index (χ2n) is 6.58. The Kier molecular flexibility index (Phi) is 2.11. The van der Waals surface area contributed by atoms with E-state index >= 15 is 0 Å². The van der Waals surface area contributed by atoms with Crippen LogP contribution in [0.1, 0.15) is 52.4 Å². The van der Waals surface area contributed by atoms with Crippen molar-refractivity contribution in [2.45, 2.75) is 52.4 Å². The molecule has 76 valence electrons. The molecule has 0 N–H and O–H groups in total. The Bertz CT molecular complexity index is 187. The Hall–Kier alpha value is 0.480. The zero-order valence-corrected chi connectivity index (χ0v) is 10.5. The van der Waals surface area contributed by atoms with Crippen molar-refractivity contribution in [2.75, 3.05) is 0 Å². The van der Waals surface area contributed by atoms with Crippen LogP contribution in [0, 0.1) is 22.7 Å². The van der Waals surface area contributed by atoms with Crippen molar-refractivity contribution in [3.8, 4) is 0 Å². The Morgan fingerprint density at radius 1 is 0.846 bits per heavy atom. The predicted molar refractivity (Wildman–Crippen MR) is 61.2 cm³/mol. The van der Waals surface area contributed by atoms with Gasteiger partial charge in [0.2, 0.25) is 0 Å². The van der Waals surface area contributed by atoms with Crippen molar-refractivity contribution in [2.24, 2.45) is 22.7 Å². The summed E-state index contributed by atoms with van der Waals surface area (Å²) in [4.78, 5) is 0. The number of halogens is 1. The zero-order chi connectivity index (χ0) is 8.40. The highest BCUT2D eigenvalue weighted by Crippen LogP contribution is 2.64. The van der Waals surface area contributed by atoms with Crippen LogP contribution in [0.5, 0.6) is 0 Å². The molecule has 0 saturated heterocycles. The average molecular weight is 245 g/mol. The van der Waals surface area contributed by atoms with Gasteiger partial charge in [0.25, 0.3) is 0 Å². The Labute approximate surface area is 92.2 Å². The van der Waals surface area contributed by atoms with Gasteiger partial charge in [-0.25, -0.2) is 0 Å². The summed E-state index contributed by atoms with van der Waals surface area (Å²) in [5, 5.41) is 0. The minimum Gasteiger partial charge on any atom is -0.114 e. The van der Waals surface area contributed by atoms with E-state index in [0.717, 1.165) is 22.7 Å². The molecule has 0 nitrogen and oxygen atoms in total. The fourth-order valence-corrected chi connectivity index (χ4v) is 5.22. The van der Waals surface area contributed by atoms with Crippen molar-refractivity contribution in [1.82, 2.24) is 0 Å². The minimum atomic E-state index is 0. The van der Waals surface area contributed by atoms with Crippen molar-refractivity contribution in [1.29, 1.82) is 0 Å². The van der Waals surface area contributed by atoms with E-state index in [2.05, 4.69) is 13.8 Å². The summed E-state index contributed by atoms with van der Waals surface area (Å²) in [6.07, 6.45) is 9.33. The van der Waals surface area contributed by atoms with Gasteiger partial charge in [-0.05, 0) is 61.2 Å². The quantitative estimate of drug-likeness (QED) is 0.600. The summed E-state index contributed by atoms with van der Waals surface area (Å²) >= 11 is 0. The fraction of sp³-hybridized carbons (Fsp3) is 1.00. The molecule has 0 aromatic heterocycles. The maximum Gasteiger partial charge on any atom is -0.0315 e. The summed E-state index contributed by atoms with van der Waals surface area (Å²) in [5.41, 5.74) is 1.53. The predicted octanol–water partition coefficient (Wildman–Crippen LogP) is 4.19. The highest BCUT2D eigenvalue weighted by molar-refractivity contribution is 8.93. The van der Waals surface area contributed by atoms with Crippen LogP contribution >= 0.6 is 17.0 Å². The van der Waals surface area contributed by atoms with Crippen molar-refractivity contribution >= 4 is 17.0 Å². The van der Waals surface area contributed by atoms with Crippen LogP contribution in [0.4, 0.5) is 0 Å². The van der Waals surface area contributed by atoms with Crippen molar-refractivity contribution in [3.05, 3.63) is 0 Å². The van der Waals surface area contributed by atoms with Gasteiger partial charge in [-0.1, -0.05) is 13.8 Å². The fourth-order valence-electron chi connectivity index (χ4n) is 5.22. The van der Waals surface area contributed by atoms with Crippen molar-refractivity contribution in [3.63, 3.8) is 0 Å². The highest BCUT2D eigenvalue weighted by Gasteiger charge is 2.53. The van der Waals surface area contributed by atoms with Gasteiger partial charge < -0.3 is 0 Å². The standard InChI is InChI=1S/C12H20.BrH/c1-11-4-9-3-10(5-11)7-12(2,6-9)8-11;/h9-10H,3-8H2,1-2H3;1H. The third kappa shape index (κ3) is 1.48. The highest BCUT2D eigenvalue weighted by atomic mass is 79.9. The van der Waals surface area contributed by atoms with E-state index in [9.17, 15) is 0 Å². The molecule has 0 aromatic rings. The summed E-state index contributed by atoms with van der Waals surface area (Å²) in [6.45, 7) is 5.09. The third-order valence-electron chi connectivity index (χ3n) is 4.65. The van der Waals surface area contributed by atoms with Crippen LogP contribution in [0.2, 0.25) is 0 Å². The lowest BCUT2D eigenvalue weighted by Crippen LogP contribution is -2.49. The van der Waals surface area contributed by atoms with Gasteiger partial charge in [-0.15, -0.1) is 17.0 Å². The first kappa shape index (κ1) is 10.0. The van der Waals surface area contributed by atoms with Gasteiger partial charge in [0, 0.05) is 0 Å². The van der Waals surface area contributed by atoms with Crippen molar-refractivity contribution < 1.29 is 0 Å². The molecule has 4 aliphatic carbocycles. The third-order valence-corrected chi connectivity index (χ3v) is 4.65. The van der Waals surface area contributed by atoms with Gasteiger partial charge in [0.05, 0.1) is 0 Å². The molecule has 0 unspecified atom stereocenters. The Morgan fingerprint density at radius 3 is 1.54 bits per heavy atom. The lowest BCUT2D eigenvalue weighted by Gasteiger charge is -2.60. The molecule has 0 spiro atoms. The van der Waals surface area contributed by atoms with Crippen LogP contribution in [0.3, 0.4) is 0 Å². The van der Waals surface area contributed by atoms with Crippen LogP contribution in [-0.2, 0) is 0 Å². The van der Waals surface area contributed by atoms with Crippen LogP contribution < -0.4 is 0 Å². The van der Waals surface area contributed by atoms with Crippen LogP contribution in [0.15, 0.2) is 0 Å². The lowest BCUT2D eigenvalue weighted by atomic mass is 9.45. The molecule has 4 bridgehead atoms. The number of rotatable bonds is 0. The molecule has 4 saturated carbocycles. The molecule has 1 heteroatoms. The molecule has 0 radical (unpaired) electrons. The van der Waals surface area contributed by atoms with Gasteiger partial charge in [0.1, 0.15) is 0 Å². The first-order chi connectivity index (χ1) is 5.57. The van der Waals surface area contributed by atoms with E-state index in [1.54, 1.807) is 32.1 Å². The number of hydrogen-bond acceptors (Lipinski definition) is 0. The monoisotopic (exact) mass is 244 g/mol. The minimum absolute atomic E-state index is 0. The van der Waals surface area contributed by atoms with Gasteiger partial charge >= 0.3 is 0 Å². The SMILES string of the molecule is Br.CC12CC3CC(C1)CC(C)(C3)C2. The largest absolute Gasteiger partial charge is 0.114 e. The summed E-state index contributed by atoms with van der Waals surface area (Å²) in [5.74, 6) is 2.22. The second-order valence-corrected chi connectivity index (χ2v) is 6.58. The maximum absolute atomic E-state index is 2.54. The van der Waals surface area contributed by atoms with Gasteiger partial charge in [-0.3, -0.25) is 0 Å². The molecular formula is C12H21Br. The molecule has 0 heterocycles. The normalized spacial score (nSPS) is 57.7. The summed E-state index contributed by atoms with van der Waals surface area (Å²) in [7, 11) is 0. The molecule has 0 aromatic carbocycles. The summed E-state index contributed by atoms with van der Waals surface area (Å²) in [6, 6.07) is 0. The topological polar surface area (TPSA) is 0 Å². The average Bonchev–Trinajstić information content (AvgIpc) is 1.75. The second kappa shape index (κ2) is 2.74. The smallest absolute Gasteiger partial charge is 0.0315 e. The van der Waals surface area contributed by atoms with Crippen LogP contribution in [-0.4, -0.2) is 0 Å². The molecule has 4 fully saturated rings. The van der Waals surface area contributed by atoms with E-state index in [1.807, 2.05) is 0 Å². The van der Waals surface area contributed by atoms with Crippen LogP contribution in [0.25, 0.3) is 0 Å². The molecule has 0 amide bonds. The molecule has 4 rings (SSSR count). The Balaban J connectivity index is 0.000000653. The lowest BCUT2D eigenvalue weighted by molar-refractivity contribution is -0.0920. The first-order valence-electron chi connectivity index (χ1n) is 5.57. The molecule has 13 heavy (non-hydrogen) atoms. The number of hydrogen-bond donors (Lipinski definition) is 0. The van der Waals surface area contributed by atoms with Gasteiger partial charge in [0.15, 0.2) is 0 Å². The molecule has 0 atom stereocenters. The maximum atomic E-state index is 2.54. The molecule has 0 aliphatic heterocycles. The van der Waals surface area contributed by atoms with E-state index in [1.165, 1.54) is 6.42 Å². The van der Waals surface area contributed by atoms with Gasteiger partial charge in [-0.2, -0.15) is 0 Å². The van der Waals surface area contributed by atoms with E-state index < -0.39 is 0 Å². The van der Waals surface area contributed by atoms with E-state index in [0.29, 0.717) is 0 Å². The molecular weight excluding hydrogens is 224 g/mol. The van der Waals surface area contributed by atoms with E-state index in [4.69, 9.17) is 0 Å². The van der Waals surface area contributed by atoms with E-state index in [-0.39, 0.29) is 17.0 Å².